The van der Waals surface area contributed by atoms with Crippen LogP contribution in [0.15, 0.2) is 0 Å². The highest BCUT2D eigenvalue weighted by atomic mass is 16.6. The number of carbonyl (C=O) groups excluding carboxylic acids is 1. The van der Waals surface area contributed by atoms with Crippen molar-refractivity contribution in [3.8, 4) is 0 Å². The number of likely N-dealkylation sites (N-methyl/N-ethyl adjacent to an activating group) is 1. The van der Waals surface area contributed by atoms with E-state index >= 15 is 0 Å². The highest BCUT2D eigenvalue weighted by molar-refractivity contribution is 5.69. The predicted molar refractivity (Wildman–Crippen MR) is 91.2 cm³/mol. The van der Waals surface area contributed by atoms with Gasteiger partial charge in [0.15, 0.2) is 0 Å². The van der Waals surface area contributed by atoms with Crippen molar-refractivity contribution in [2.24, 2.45) is 0 Å². The molecule has 1 rings (SSSR count). The van der Waals surface area contributed by atoms with Gasteiger partial charge in [-0.3, -0.25) is 0 Å². The van der Waals surface area contributed by atoms with Gasteiger partial charge < -0.3 is 19.9 Å². The third-order valence-corrected chi connectivity index (χ3v) is 4.13. The maximum Gasteiger partial charge on any atom is 0.410 e. The molecular weight excluding hydrogens is 278 g/mol. The van der Waals surface area contributed by atoms with E-state index in [2.05, 4.69) is 31.0 Å². The zero-order valence-electron chi connectivity index (χ0n) is 15.3. The lowest BCUT2D eigenvalue weighted by molar-refractivity contribution is 0.0224. The SMILES string of the molecule is CCN(CC)CC(C)NCC1CCCN1C(=O)OC(C)(C)C. The number of nitrogens with one attached hydrogen (secondary N) is 1. The van der Waals surface area contributed by atoms with Crippen LogP contribution in [0.5, 0.6) is 0 Å². The lowest BCUT2D eigenvalue weighted by atomic mass is 10.2. The van der Waals surface area contributed by atoms with Gasteiger partial charge >= 0.3 is 6.09 Å². The molecule has 1 aliphatic rings. The van der Waals surface area contributed by atoms with E-state index in [9.17, 15) is 4.79 Å². The van der Waals surface area contributed by atoms with Crippen LogP contribution in [0.1, 0.15) is 54.4 Å². The molecule has 130 valence electrons. The minimum absolute atomic E-state index is 0.173. The fourth-order valence-corrected chi connectivity index (χ4v) is 2.88. The fourth-order valence-electron chi connectivity index (χ4n) is 2.88. The Kier molecular flexibility index (Phi) is 7.63. The molecule has 0 saturated carbocycles. The molecule has 1 fully saturated rings. The first-order valence-electron chi connectivity index (χ1n) is 8.72. The minimum atomic E-state index is -0.423. The van der Waals surface area contributed by atoms with E-state index in [4.69, 9.17) is 4.74 Å². The molecule has 0 spiro atoms. The molecule has 1 aliphatic heterocycles. The number of hydrogen-bond acceptors (Lipinski definition) is 4. The molecule has 2 unspecified atom stereocenters. The van der Waals surface area contributed by atoms with Gasteiger partial charge in [-0.15, -0.1) is 0 Å². The molecule has 22 heavy (non-hydrogen) atoms. The van der Waals surface area contributed by atoms with E-state index in [0.29, 0.717) is 6.04 Å². The number of likely N-dealkylation sites (tertiary alicyclic amines) is 1. The molecule has 5 heteroatoms. The number of amides is 1. The van der Waals surface area contributed by atoms with Gasteiger partial charge in [0.1, 0.15) is 5.60 Å². The topological polar surface area (TPSA) is 44.8 Å². The normalized spacial score (nSPS) is 20.5. The molecular formula is C17H35N3O2. The van der Waals surface area contributed by atoms with Crippen LogP contribution in [0.3, 0.4) is 0 Å². The molecule has 0 bridgehead atoms. The second kappa shape index (κ2) is 8.73. The molecule has 1 heterocycles. The molecule has 0 aromatic heterocycles. The monoisotopic (exact) mass is 313 g/mol. The second-order valence-corrected chi connectivity index (χ2v) is 7.26. The Balaban J connectivity index is 2.42. The van der Waals surface area contributed by atoms with Crippen LogP contribution >= 0.6 is 0 Å². The zero-order valence-corrected chi connectivity index (χ0v) is 15.3. The Morgan fingerprint density at radius 1 is 1.36 bits per heavy atom. The van der Waals surface area contributed by atoms with Gasteiger partial charge in [0.2, 0.25) is 0 Å². The van der Waals surface area contributed by atoms with E-state index in [1.54, 1.807) is 0 Å². The van der Waals surface area contributed by atoms with Crippen molar-refractivity contribution in [2.75, 3.05) is 32.7 Å². The van der Waals surface area contributed by atoms with E-state index < -0.39 is 5.60 Å². The number of nitrogens with zero attached hydrogens (tertiary/aromatic N) is 2. The Morgan fingerprint density at radius 3 is 2.55 bits per heavy atom. The first-order chi connectivity index (χ1) is 10.3. The van der Waals surface area contributed by atoms with E-state index in [1.165, 1.54) is 0 Å². The quantitative estimate of drug-likeness (QED) is 0.785. The van der Waals surface area contributed by atoms with Crippen molar-refractivity contribution in [3.05, 3.63) is 0 Å². The van der Waals surface area contributed by atoms with Gasteiger partial charge in [0, 0.05) is 31.7 Å². The molecule has 1 amide bonds. The Bertz CT molecular complexity index is 337. The summed E-state index contributed by atoms with van der Waals surface area (Å²) in [4.78, 5) is 16.6. The predicted octanol–water partition coefficient (Wildman–Crippen LogP) is 2.71. The highest BCUT2D eigenvalue weighted by Gasteiger charge is 2.32. The first-order valence-corrected chi connectivity index (χ1v) is 8.72. The highest BCUT2D eigenvalue weighted by Crippen LogP contribution is 2.20. The van der Waals surface area contributed by atoms with E-state index in [1.807, 2.05) is 25.7 Å². The summed E-state index contributed by atoms with van der Waals surface area (Å²) in [5.41, 5.74) is -0.423. The molecule has 0 radical (unpaired) electrons. The average molecular weight is 313 g/mol. The molecule has 1 N–H and O–H groups in total. The van der Waals surface area contributed by atoms with Crippen LogP contribution in [-0.2, 0) is 4.74 Å². The third kappa shape index (κ3) is 6.53. The second-order valence-electron chi connectivity index (χ2n) is 7.26. The van der Waals surface area contributed by atoms with Crippen molar-refractivity contribution in [3.63, 3.8) is 0 Å². The zero-order chi connectivity index (χ0) is 16.8. The van der Waals surface area contributed by atoms with Crippen molar-refractivity contribution >= 4 is 6.09 Å². The smallest absolute Gasteiger partial charge is 0.410 e. The van der Waals surface area contributed by atoms with Crippen molar-refractivity contribution in [1.29, 1.82) is 0 Å². The lowest BCUT2D eigenvalue weighted by Crippen LogP contribution is -2.47. The Hall–Kier alpha value is -0.810. The van der Waals surface area contributed by atoms with Crippen molar-refractivity contribution < 1.29 is 9.53 Å². The van der Waals surface area contributed by atoms with Crippen LogP contribution in [0, 0.1) is 0 Å². The number of ether oxygens (including phenoxy) is 1. The summed E-state index contributed by atoms with van der Waals surface area (Å²) >= 11 is 0. The van der Waals surface area contributed by atoms with Crippen molar-refractivity contribution in [1.82, 2.24) is 15.1 Å². The molecule has 5 nitrogen and oxygen atoms in total. The Labute approximate surface area is 136 Å². The summed E-state index contributed by atoms with van der Waals surface area (Å²) in [6.07, 6.45) is 1.95. The summed E-state index contributed by atoms with van der Waals surface area (Å²) in [6, 6.07) is 0.690. The molecule has 0 aliphatic carbocycles. The number of hydrogen-bond donors (Lipinski definition) is 1. The minimum Gasteiger partial charge on any atom is -0.444 e. The molecule has 0 aromatic rings. The lowest BCUT2D eigenvalue weighted by Gasteiger charge is -2.30. The number of carbonyl (C=O) groups is 1. The van der Waals surface area contributed by atoms with E-state index in [-0.39, 0.29) is 12.1 Å². The Morgan fingerprint density at radius 2 is 2.00 bits per heavy atom. The third-order valence-electron chi connectivity index (χ3n) is 4.13. The number of rotatable bonds is 7. The summed E-state index contributed by atoms with van der Waals surface area (Å²) < 4.78 is 5.51. The molecule has 1 saturated heterocycles. The van der Waals surface area contributed by atoms with Crippen molar-refractivity contribution in [2.45, 2.75) is 72.1 Å². The van der Waals surface area contributed by atoms with Gasteiger partial charge in [-0.2, -0.15) is 0 Å². The maximum atomic E-state index is 12.3. The summed E-state index contributed by atoms with van der Waals surface area (Å²) in [5, 5.41) is 3.58. The van der Waals surface area contributed by atoms with Crippen LogP contribution in [0.4, 0.5) is 4.79 Å². The fraction of sp³-hybridized carbons (Fsp3) is 0.941. The van der Waals surface area contributed by atoms with Gasteiger partial charge in [-0.25, -0.2) is 4.79 Å². The molecule has 0 aromatic carbocycles. The van der Waals surface area contributed by atoms with Crippen LogP contribution in [0.2, 0.25) is 0 Å². The summed E-state index contributed by atoms with van der Waals surface area (Å²) in [7, 11) is 0. The van der Waals surface area contributed by atoms with Gasteiger partial charge in [-0.05, 0) is 53.6 Å². The van der Waals surface area contributed by atoms with Crippen LogP contribution in [0.25, 0.3) is 0 Å². The molecule has 2 atom stereocenters. The van der Waals surface area contributed by atoms with Gasteiger partial charge in [-0.1, -0.05) is 13.8 Å². The maximum absolute atomic E-state index is 12.3. The van der Waals surface area contributed by atoms with E-state index in [0.717, 1.165) is 45.6 Å². The van der Waals surface area contributed by atoms with Crippen LogP contribution < -0.4 is 5.32 Å². The summed E-state index contributed by atoms with van der Waals surface area (Å²) in [5.74, 6) is 0. The van der Waals surface area contributed by atoms with Crippen LogP contribution in [-0.4, -0.2) is 66.3 Å². The average Bonchev–Trinajstić information content (AvgIpc) is 2.89. The van der Waals surface area contributed by atoms with Gasteiger partial charge in [0.25, 0.3) is 0 Å². The largest absolute Gasteiger partial charge is 0.444 e. The summed E-state index contributed by atoms with van der Waals surface area (Å²) in [6.45, 7) is 17.2. The first kappa shape index (κ1) is 19.2. The standard InChI is InChI=1S/C17H35N3O2/c1-7-19(8-2)13-14(3)18-12-15-10-9-11-20(15)16(21)22-17(4,5)6/h14-15,18H,7-13H2,1-6H3. The van der Waals surface area contributed by atoms with Gasteiger partial charge in [0.05, 0.1) is 0 Å².